The number of nitrogens with one attached hydrogen (secondary N) is 1. The van der Waals surface area contributed by atoms with Crippen molar-refractivity contribution in [3.8, 4) is 17.6 Å². The standard InChI is InChI=1S/C20H18BrClN2O3/c1-3-8-27-19-11-15(21)13(10-18(19)26-2)9-14(12-23)20(25)24-17-7-5-4-6-16(17)22/h4-7,9-11H,3,8H2,1-2H3,(H,24,25)/b14-9+. The second-order valence-corrected chi connectivity index (χ2v) is 6.74. The monoisotopic (exact) mass is 448 g/mol. The first kappa shape index (κ1) is 20.8. The number of nitrogens with zero attached hydrogens (tertiary/aromatic N) is 1. The molecular formula is C20H18BrClN2O3. The fraction of sp³-hybridized carbons (Fsp3) is 0.200. The van der Waals surface area contributed by atoms with Crippen LogP contribution >= 0.6 is 27.5 Å². The van der Waals surface area contributed by atoms with Crippen LogP contribution in [0.1, 0.15) is 18.9 Å². The Labute approximate surface area is 171 Å². The van der Waals surface area contributed by atoms with Gasteiger partial charge in [-0.1, -0.05) is 46.6 Å². The maximum absolute atomic E-state index is 12.4. The molecule has 2 aromatic carbocycles. The van der Waals surface area contributed by atoms with E-state index in [0.29, 0.717) is 38.9 Å². The summed E-state index contributed by atoms with van der Waals surface area (Å²) in [5, 5.41) is 12.4. The zero-order valence-electron chi connectivity index (χ0n) is 14.9. The lowest BCUT2D eigenvalue weighted by atomic mass is 10.1. The summed E-state index contributed by atoms with van der Waals surface area (Å²) in [5.41, 5.74) is 0.978. The Morgan fingerprint density at radius 2 is 2.07 bits per heavy atom. The normalized spacial score (nSPS) is 10.9. The van der Waals surface area contributed by atoms with Gasteiger partial charge in [-0.05, 0) is 42.3 Å². The molecular weight excluding hydrogens is 432 g/mol. The van der Waals surface area contributed by atoms with Gasteiger partial charge < -0.3 is 14.8 Å². The summed E-state index contributed by atoms with van der Waals surface area (Å²) in [7, 11) is 1.53. The van der Waals surface area contributed by atoms with E-state index >= 15 is 0 Å². The van der Waals surface area contributed by atoms with E-state index in [1.165, 1.54) is 13.2 Å². The van der Waals surface area contributed by atoms with Crippen LogP contribution in [0.25, 0.3) is 6.08 Å². The highest BCUT2D eigenvalue weighted by molar-refractivity contribution is 9.10. The van der Waals surface area contributed by atoms with Gasteiger partial charge in [-0.2, -0.15) is 5.26 Å². The molecule has 0 aliphatic rings. The SMILES string of the molecule is CCCOc1cc(Br)c(/C=C(\C#N)C(=O)Nc2ccccc2Cl)cc1OC. The fourth-order valence-electron chi connectivity index (χ4n) is 2.20. The number of halogens is 2. The van der Waals surface area contributed by atoms with E-state index in [2.05, 4.69) is 21.2 Å². The van der Waals surface area contributed by atoms with E-state index in [9.17, 15) is 10.1 Å². The molecule has 2 aromatic rings. The summed E-state index contributed by atoms with van der Waals surface area (Å²) in [6.07, 6.45) is 2.34. The van der Waals surface area contributed by atoms with Gasteiger partial charge in [0, 0.05) is 4.47 Å². The van der Waals surface area contributed by atoms with Crippen LogP contribution in [0.15, 0.2) is 46.4 Å². The van der Waals surface area contributed by atoms with Gasteiger partial charge in [-0.3, -0.25) is 4.79 Å². The summed E-state index contributed by atoms with van der Waals surface area (Å²) in [6.45, 7) is 2.57. The average molecular weight is 450 g/mol. The number of ether oxygens (including phenoxy) is 2. The number of carbonyl (C=O) groups excluding carboxylic acids is 1. The Morgan fingerprint density at radius 3 is 2.70 bits per heavy atom. The van der Waals surface area contributed by atoms with Crippen molar-refractivity contribution in [3.05, 3.63) is 57.0 Å². The molecule has 140 valence electrons. The average Bonchev–Trinajstić information content (AvgIpc) is 2.67. The van der Waals surface area contributed by atoms with Crippen LogP contribution in [0.3, 0.4) is 0 Å². The van der Waals surface area contributed by atoms with Crippen molar-refractivity contribution in [1.82, 2.24) is 0 Å². The first-order chi connectivity index (χ1) is 13.0. The zero-order valence-corrected chi connectivity index (χ0v) is 17.2. The van der Waals surface area contributed by atoms with Crippen molar-refractivity contribution >= 4 is 45.2 Å². The van der Waals surface area contributed by atoms with Gasteiger partial charge in [0.05, 0.1) is 24.4 Å². The zero-order chi connectivity index (χ0) is 19.8. The molecule has 0 atom stereocenters. The molecule has 0 radical (unpaired) electrons. The summed E-state index contributed by atoms with van der Waals surface area (Å²) in [6, 6.07) is 12.2. The van der Waals surface area contributed by atoms with Crippen LogP contribution in [0.2, 0.25) is 5.02 Å². The number of amides is 1. The number of para-hydroxylation sites is 1. The molecule has 27 heavy (non-hydrogen) atoms. The minimum absolute atomic E-state index is 0.0695. The largest absolute Gasteiger partial charge is 0.493 e. The minimum Gasteiger partial charge on any atom is -0.493 e. The van der Waals surface area contributed by atoms with Crippen molar-refractivity contribution < 1.29 is 14.3 Å². The molecule has 0 saturated heterocycles. The quantitative estimate of drug-likeness (QED) is 0.451. The van der Waals surface area contributed by atoms with Crippen LogP contribution in [0.4, 0.5) is 5.69 Å². The smallest absolute Gasteiger partial charge is 0.266 e. The van der Waals surface area contributed by atoms with E-state index in [4.69, 9.17) is 21.1 Å². The lowest BCUT2D eigenvalue weighted by Gasteiger charge is -2.12. The molecule has 0 unspecified atom stereocenters. The third-order valence-electron chi connectivity index (χ3n) is 3.53. The van der Waals surface area contributed by atoms with Crippen LogP contribution in [-0.4, -0.2) is 19.6 Å². The second kappa shape index (κ2) is 10.0. The number of nitriles is 1. The lowest BCUT2D eigenvalue weighted by Crippen LogP contribution is -2.13. The van der Waals surface area contributed by atoms with Crippen LogP contribution < -0.4 is 14.8 Å². The second-order valence-electron chi connectivity index (χ2n) is 5.48. The molecule has 0 fully saturated rings. The molecule has 5 nitrogen and oxygen atoms in total. The van der Waals surface area contributed by atoms with Crippen molar-refractivity contribution in [2.45, 2.75) is 13.3 Å². The number of hydrogen-bond acceptors (Lipinski definition) is 4. The van der Waals surface area contributed by atoms with Gasteiger partial charge in [0.1, 0.15) is 11.6 Å². The van der Waals surface area contributed by atoms with Crippen molar-refractivity contribution in [3.63, 3.8) is 0 Å². The van der Waals surface area contributed by atoms with Crippen molar-refractivity contribution in [2.24, 2.45) is 0 Å². The minimum atomic E-state index is -0.553. The first-order valence-electron chi connectivity index (χ1n) is 8.18. The van der Waals surface area contributed by atoms with Gasteiger partial charge in [0.2, 0.25) is 0 Å². The topological polar surface area (TPSA) is 71.3 Å². The van der Waals surface area contributed by atoms with Gasteiger partial charge in [0.25, 0.3) is 5.91 Å². The predicted octanol–water partition coefficient (Wildman–Crippen LogP) is 5.45. The summed E-state index contributed by atoms with van der Waals surface area (Å²) in [5.74, 6) is 0.548. The van der Waals surface area contributed by atoms with E-state index in [-0.39, 0.29) is 5.57 Å². The van der Waals surface area contributed by atoms with Crippen molar-refractivity contribution in [1.29, 1.82) is 5.26 Å². The van der Waals surface area contributed by atoms with Gasteiger partial charge in [-0.15, -0.1) is 0 Å². The molecule has 1 N–H and O–H groups in total. The van der Waals surface area contributed by atoms with Crippen LogP contribution in [-0.2, 0) is 4.79 Å². The maximum atomic E-state index is 12.4. The maximum Gasteiger partial charge on any atom is 0.266 e. The molecule has 7 heteroatoms. The summed E-state index contributed by atoms with van der Waals surface area (Å²) >= 11 is 9.49. The highest BCUT2D eigenvalue weighted by Crippen LogP contribution is 2.35. The number of anilines is 1. The predicted molar refractivity (Wildman–Crippen MR) is 110 cm³/mol. The molecule has 0 aromatic heterocycles. The summed E-state index contributed by atoms with van der Waals surface area (Å²) < 4.78 is 11.7. The van der Waals surface area contributed by atoms with Gasteiger partial charge in [0.15, 0.2) is 11.5 Å². The Kier molecular flexibility index (Phi) is 7.71. The molecule has 0 bridgehead atoms. The Morgan fingerprint density at radius 1 is 1.33 bits per heavy atom. The van der Waals surface area contributed by atoms with E-state index in [1.807, 2.05) is 13.0 Å². The Balaban J connectivity index is 2.32. The molecule has 0 saturated carbocycles. The Bertz CT molecular complexity index is 907. The van der Waals surface area contributed by atoms with E-state index in [1.54, 1.807) is 36.4 Å². The highest BCUT2D eigenvalue weighted by atomic mass is 79.9. The van der Waals surface area contributed by atoms with E-state index < -0.39 is 5.91 Å². The molecule has 0 spiro atoms. The number of carbonyl (C=O) groups is 1. The lowest BCUT2D eigenvalue weighted by molar-refractivity contribution is -0.112. The van der Waals surface area contributed by atoms with Gasteiger partial charge >= 0.3 is 0 Å². The molecule has 0 aliphatic carbocycles. The third-order valence-corrected chi connectivity index (χ3v) is 4.55. The summed E-state index contributed by atoms with van der Waals surface area (Å²) in [4.78, 5) is 12.4. The third kappa shape index (κ3) is 5.49. The van der Waals surface area contributed by atoms with Crippen LogP contribution in [0.5, 0.6) is 11.5 Å². The van der Waals surface area contributed by atoms with Crippen LogP contribution in [0, 0.1) is 11.3 Å². The molecule has 2 rings (SSSR count). The number of hydrogen-bond donors (Lipinski definition) is 1. The highest BCUT2D eigenvalue weighted by Gasteiger charge is 2.14. The molecule has 1 amide bonds. The Hall–Kier alpha value is -2.49. The van der Waals surface area contributed by atoms with E-state index in [0.717, 1.165) is 6.42 Å². The molecule has 0 aliphatic heterocycles. The molecule has 0 heterocycles. The van der Waals surface area contributed by atoms with Crippen molar-refractivity contribution in [2.75, 3.05) is 19.0 Å². The number of rotatable bonds is 7. The number of methoxy groups -OCH3 is 1. The first-order valence-corrected chi connectivity index (χ1v) is 9.35. The van der Waals surface area contributed by atoms with Gasteiger partial charge in [-0.25, -0.2) is 0 Å². The fourth-order valence-corrected chi connectivity index (χ4v) is 2.82. The number of benzene rings is 2.